The molecule has 0 amide bonds. The molecule has 1 atom stereocenters. The maximum Gasteiger partial charge on any atom is 0.360 e. The van der Waals surface area contributed by atoms with E-state index in [0.29, 0.717) is 25.1 Å². The molecular formula is C14H23N3O3. The zero-order chi connectivity index (χ0) is 14.4. The van der Waals surface area contributed by atoms with E-state index >= 15 is 0 Å². The number of hydrogen-bond donors (Lipinski definition) is 2. The molecule has 1 aliphatic rings. The molecule has 1 aliphatic carbocycles. The summed E-state index contributed by atoms with van der Waals surface area (Å²) in [6, 6.07) is 0.484. The Morgan fingerprint density at radius 3 is 2.95 bits per heavy atom. The zero-order valence-electron chi connectivity index (χ0n) is 11.9. The van der Waals surface area contributed by atoms with Gasteiger partial charge in [0, 0.05) is 12.6 Å². The second-order valence-corrected chi connectivity index (χ2v) is 5.14. The Morgan fingerprint density at radius 2 is 2.30 bits per heavy atom. The van der Waals surface area contributed by atoms with Gasteiger partial charge >= 0.3 is 5.97 Å². The van der Waals surface area contributed by atoms with Gasteiger partial charge < -0.3 is 20.2 Å². The maximum atomic E-state index is 11.5. The van der Waals surface area contributed by atoms with Crippen LogP contribution in [0, 0.1) is 5.92 Å². The number of rotatable bonds is 6. The normalized spacial score (nSPS) is 17.7. The van der Waals surface area contributed by atoms with Crippen molar-refractivity contribution in [1.82, 2.24) is 4.98 Å². The van der Waals surface area contributed by atoms with Crippen LogP contribution in [0.4, 0.5) is 6.01 Å². The fourth-order valence-corrected chi connectivity index (χ4v) is 2.70. The Bertz CT molecular complexity index is 427. The molecule has 6 heteroatoms. The lowest BCUT2D eigenvalue weighted by atomic mass is 9.84. The second kappa shape index (κ2) is 7.28. The Labute approximate surface area is 119 Å². The van der Waals surface area contributed by atoms with E-state index in [4.69, 9.17) is 14.9 Å². The topological polar surface area (TPSA) is 90.4 Å². The van der Waals surface area contributed by atoms with Crippen molar-refractivity contribution in [1.29, 1.82) is 0 Å². The number of esters is 1. The van der Waals surface area contributed by atoms with Gasteiger partial charge in [-0.3, -0.25) is 0 Å². The van der Waals surface area contributed by atoms with Crippen LogP contribution in [0.25, 0.3) is 0 Å². The molecule has 20 heavy (non-hydrogen) atoms. The Kier molecular flexibility index (Phi) is 5.40. The van der Waals surface area contributed by atoms with Crippen molar-refractivity contribution in [3.63, 3.8) is 0 Å². The number of oxazole rings is 1. The lowest BCUT2D eigenvalue weighted by Gasteiger charge is -2.29. The van der Waals surface area contributed by atoms with Crippen LogP contribution in [0.3, 0.4) is 0 Å². The minimum absolute atomic E-state index is 0.143. The summed E-state index contributed by atoms with van der Waals surface area (Å²) in [5.41, 5.74) is 6.03. The van der Waals surface area contributed by atoms with Crippen molar-refractivity contribution in [2.75, 3.05) is 18.5 Å². The van der Waals surface area contributed by atoms with Crippen LogP contribution in [0.5, 0.6) is 0 Å². The van der Waals surface area contributed by atoms with E-state index in [1.54, 1.807) is 6.92 Å². The van der Waals surface area contributed by atoms with Crippen LogP contribution in [0.1, 0.15) is 49.5 Å². The summed E-state index contributed by atoms with van der Waals surface area (Å²) in [6.07, 6.45) is 7.49. The predicted molar refractivity (Wildman–Crippen MR) is 75.5 cm³/mol. The molecule has 0 saturated heterocycles. The largest absolute Gasteiger partial charge is 0.461 e. The number of aromatic nitrogens is 1. The quantitative estimate of drug-likeness (QED) is 0.777. The van der Waals surface area contributed by atoms with E-state index < -0.39 is 5.97 Å². The third-order valence-electron chi connectivity index (χ3n) is 3.77. The number of nitrogens with zero attached hydrogens (tertiary/aromatic N) is 1. The molecule has 6 nitrogen and oxygen atoms in total. The van der Waals surface area contributed by atoms with E-state index in [-0.39, 0.29) is 11.7 Å². The van der Waals surface area contributed by atoms with E-state index in [2.05, 4.69) is 10.3 Å². The third-order valence-corrected chi connectivity index (χ3v) is 3.77. The van der Waals surface area contributed by atoms with E-state index in [1.165, 1.54) is 38.4 Å². The number of nitrogens with two attached hydrogens (primary N) is 1. The highest BCUT2D eigenvalue weighted by Gasteiger charge is 2.24. The highest BCUT2D eigenvalue weighted by atomic mass is 16.5. The second-order valence-electron chi connectivity index (χ2n) is 5.14. The van der Waals surface area contributed by atoms with Gasteiger partial charge in [-0.2, -0.15) is 4.98 Å². The zero-order valence-corrected chi connectivity index (χ0v) is 11.9. The van der Waals surface area contributed by atoms with Gasteiger partial charge in [-0.25, -0.2) is 4.79 Å². The molecule has 1 fully saturated rings. The molecule has 0 aromatic carbocycles. The van der Waals surface area contributed by atoms with Crippen LogP contribution < -0.4 is 11.1 Å². The Balaban J connectivity index is 1.95. The number of hydrogen-bond acceptors (Lipinski definition) is 6. The summed E-state index contributed by atoms with van der Waals surface area (Å²) in [6.45, 7) is 2.61. The smallest absolute Gasteiger partial charge is 0.360 e. The Hall–Kier alpha value is -1.56. The summed E-state index contributed by atoms with van der Waals surface area (Å²) in [4.78, 5) is 15.6. The molecule has 0 radical (unpaired) electrons. The van der Waals surface area contributed by atoms with Crippen LogP contribution in [0.15, 0.2) is 10.7 Å². The van der Waals surface area contributed by atoms with Crippen LogP contribution in [-0.4, -0.2) is 30.1 Å². The van der Waals surface area contributed by atoms with Gasteiger partial charge in [0.25, 0.3) is 6.01 Å². The van der Waals surface area contributed by atoms with Gasteiger partial charge in [0.2, 0.25) is 0 Å². The maximum absolute atomic E-state index is 11.5. The van der Waals surface area contributed by atoms with Gasteiger partial charge in [-0.05, 0) is 25.7 Å². The first-order valence-corrected chi connectivity index (χ1v) is 7.33. The number of anilines is 1. The van der Waals surface area contributed by atoms with Crippen molar-refractivity contribution in [2.45, 2.75) is 45.1 Å². The van der Waals surface area contributed by atoms with E-state index in [1.807, 2.05) is 0 Å². The molecule has 1 saturated carbocycles. The third kappa shape index (κ3) is 3.72. The molecule has 0 bridgehead atoms. The molecule has 2 rings (SSSR count). The monoisotopic (exact) mass is 281 g/mol. The van der Waals surface area contributed by atoms with Crippen molar-refractivity contribution < 1.29 is 13.9 Å². The summed E-state index contributed by atoms with van der Waals surface area (Å²) in [5, 5.41) is 3.21. The number of carbonyl (C=O) groups excluding carboxylic acids is 1. The summed E-state index contributed by atoms with van der Waals surface area (Å²) in [5.74, 6) is 0.0814. The highest BCUT2D eigenvalue weighted by molar-refractivity contribution is 5.87. The van der Waals surface area contributed by atoms with Crippen LogP contribution >= 0.6 is 0 Å². The predicted octanol–water partition coefficient (Wildman–Crippen LogP) is 2.17. The first-order valence-electron chi connectivity index (χ1n) is 7.33. The fourth-order valence-electron chi connectivity index (χ4n) is 2.70. The van der Waals surface area contributed by atoms with Crippen molar-refractivity contribution >= 4 is 12.0 Å². The van der Waals surface area contributed by atoms with Crippen molar-refractivity contribution in [2.24, 2.45) is 11.7 Å². The lowest BCUT2D eigenvalue weighted by molar-refractivity contribution is 0.0519. The van der Waals surface area contributed by atoms with E-state index in [0.717, 1.165) is 0 Å². The standard InChI is InChI=1S/C14H23N3O3/c1-2-19-13(18)12-9-20-14(17-12)16-11(8-15)10-6-4-3-5-7-10/h9-11H,2-8,15H2,1H3,(H,16,17). The SMILES string of the molecule is CCOC(=O)c1coc(NC(CN)C2CCCCC2)n1. The van der Waals surface area contributed by atoms with Crippen molar-refractivity contribution in [3.05, 3.63) is 12.0 Å². The number of ether oxygens (including phenoxy) is 1. The van der Waals surface area contributed by atoms with Gasteiger partial charge in [-0.15, -0.1) is 0 Å². The van der Waals surface area contributed by atoms with E-state index in [9.17, 15) is 4.79 Å². The lowest BCUT2D eigenvalue weighted by Crippen LogP contribution is -2.37. The van der Waals surface area contributed by atoms with Gasteiger partial charge in [0.05, 0.1) is 6.61 Å². The fraction of sp³-hybridized carbons (Fsp3) is 0.714. The number of carbonyl (C=O) groups is 1. The summed E-state index contributed by atoms with van der Waals surface area (Å²) >= 11 is 0. The molecule has 112 valence electrons. The van der Waals surface area contributed by atoms with Crippen LogP contribution in [-0.2, 0) is 4.74 Å². The molecule has 1 unspecified atom stereocenters. The average molecular weight is 281 g/mol. The Morgan fingerprint density at radius 1 is 1.55 bits per heavy atom. The average Bonchev–Trinajstić information content (AvgIpc) is 2.94. The molecule has 1 aromatic heterocycles. The molecular weight excluding hydrogens is 258 g/mol. The van der Waals surface area contributed by atoms with Crippen LogP contribution in [0.2, 0.25) is 0 Å². The molecule has 1 aromatic rings. The van der Waals surface area contributed by atoms with Gasteiger partial charge in [0.1, 0.15) is 6.26 Å². The van der Waals surface area contributed by atoms with Gasteiger partial charge in [0.15, 0.2) is 5.69 Å². The summed E-state index contributed by atoms with van der Waals surface area (Å²) < 4.78 is 10.2. The highest BCUT2D eigenvalue weighted by Crippen LogP contribution is 2.27. The summed E-state index contributed by atoms with van der Waals surface area (Å²) in [7, 11) is 0. The number of nitrogens with one attached hydrogen (secondary N) is 1. The molecule has 0 spiro atoms. The molecule has 0 aliphatic heterocycles. The minimum Gasteiger partial charge on any atom is -0.461 e. The first-order chi connectivity index (χ1) is 9.74. The molecule has 3 N–H and O–H groups in total. The minimum atomic E-state index is -0.466. The van der Waals surface area contributed by atoms with Crippen molar-refractivity contribution in [3.8, 4) is 0 Å². The van der Waals surface area contributed by atoms with Gasteiger partial charge in [-0.1, -0.05) is 19.3 Å². The molecule has 1 heterocycles. The first kappa shape index (κ1) is 14.8.